The second kappa shape index (κ2) is 7.64. The molecule has 1 aromatic carbocycles. The number of amides is 1. The fraction of sp³-hybridized carbons (Fsp3) is 0.542. The van der Waals surface area contributed by atoms with Gasteiger partial charge in [-0.15, -0.1) is 0 Å². The molecule has 28 heavy (non-hydrogen) atoms. The Morgan fingerprint density at radius 1 is 1.14 bits per heavy atom. The van der Waals surface area contributed by atoms with Crippen LogP contribution in [0.3, 0.4) is 0 Å². The van der Waals surface area contributed by atoms with Crippen LogP contribution in [0, 0.1) is 18.8 Å². The first-order valence-electron chi connectivity index (χ1n) is 10.8. The monoisotopic (exact) mass is 394 g/mol. The zero-order valence-corrected chi connectivity index (χ0v) is 17.5. The quantitative estimate of drug-likeness (QED) is 0.752. The van der Waals surface area contributed by atoms with Crippen LogP contribution in [-0.4, -0.2) is 41.4 Å². The molecule has 148 valence electrons. The number of hydrogen-bond donors (Lipinski definition) is 0. The Kier molecular flexibility index (Phi) is 5.02. The first kappa shape index (κ1) is 18.4. The van der Waals surface area contributed by atoms with Gasteiger partial charge in [-0.2, -0.15) is 11.3 Å². The molecule has 0 N–H and O–H groups in total. The molecule has 0 spiro atoms. The highest BCUT2D eigenvalue weighted by Crippen LogP contribution is 2.44. The van der Waals surface area contributed by atoms with E-state index in [1.165, 1.54) is 23.1 Å². The zero-order chi connectivity index (χ0) is 19.1. The van der Waals surface area contributed by atoms with Crippen molar-refractivity contribution in [1.29, 1.82) is 0 Å². The number of benzene rings is 1. The summed E-state index contributed by atoms with van der Waals surface area (Å²) in [6, 6.07) is 11.5. The van der Waals surface area contributed by atoms with Crippen molar-refractivity contribution >= 4 is 17.2 Å². The van der Waals surface area contributed by atoms with Crippen molar-refractivity contribution in [3.05, 3.63) is 57.8 Å². The second-order valence-electron chi connectivity index (χ2n) is 8.96. The van der Waals surface area contributed by atoms with Crippen molar-refractivity contribution in [2.75, 3.05) is 19.6 Å². The molecule has 1 amide bonds. The van der Waals surface area contributed by atoms with Crippen LogP contribution in [0.5, 0.6) is 0 Å². The number of aryl methyl sites for hydroxylation is 1. The Morgan fingerprint density at radius 2 is 2.00 bits per heavy atom. The van der Waals surface area contributed by atoms with Gasteiger partial charge in [0.1, 0.15) is 0 Å². The van der Waals surface area contributed by atoms with Gasteiger partial charge in [0.15, 0.2) is 0 Å². The van der Waals surface area contributed by atoms with E-state index in [9.17, 15) is 4.79 Å². The molecule has 0 radical (unpaired) electrons. The lowest BCUT2D eigenvalue weighted by Gasteiger charge is -2.40. The number of thiophene rings is 1. The SMILES string of the molecule is Cc1ccccc1CN1CC[C@H]2[C@@H](C1)[C@H](c1ccsc1)CN2C(=O)C1CCC1. The maximum atomic E-state index is 13.1. The minimum Gasteiger partial charge on any atom is -0.338 e. The highest BCUT2D eigenvalue weighted by Gasteiger charge is 2.48. The van der Waals surface area contributed by atoms with Crippen LogP contribution in [-0.2, 0) is 11.3 Å². The maximum Gasteiger partial charge on any atom is 0.225 e. The smallest absolute Gasteiger partial charge is 0.225 e. The van der Waals surface area contributed by atoms with Gasteiger partial charge in [-0.3, -0.25) is 9.69 Å². The summed E-state index contributed by atoms with van der Waals surface area (Å²) in [6.45, 7) is 6.38. The van der Waals surface area contributed by atoms with Gasteiger partial charge in [-0.05, 0) is 59.7 Å². The van der Waals surface area contributed by atoms with Crippen LogP contribution < -0.4 is 0 Å². The van der Waals surface area contributed by atoms with E-state index in [4.69, 9.17) is 0 Å². The summed E-state index contributed by atoms with van der Waals surface area (Å²) < 4.78 is 0. The van der Waals surface area contributed by atoms with Crippen molar-refractivity contribution in [3.8, 4) is 0 Å². The van der Waals surface area contributed by atoms with Crippen LogP contribution in [0.15, 0.2) is 41.1 Å². The third-order valence-electron chi connectivity index (χ3n) is 7.38. The standard InChI is InChI=1S/C24H30N2OS/c1-17-5-2-3-6-19(17)13-25-11-9-23-22(14-25)21(20-10-12-28-16-20)15-26(23)24(27)18-7-4-8-18/h2-3,5-6,10,12,16,18,21-23H,4,7-9,11,13-15H2,1H3/t21-,22-,23-/m0/s1. The van der Waals surface area contributed by atoms with Crippen LogP contribution >= 0.6 is 11.3 Å². The number of fused-ring (bicyclic) bond motifs is 1. The molecule has 0 unspecified atom stereocenters. The Bertz CT molecular complexity index is 829. The number of hydrogen-bond acceptors (Lipinski definition) is 3. The van der Waals surface area contributed by atoms with E-state index in [1.807, 2.05) is 0 Å². The summed E-state index contributed by atoms with van der Waals surface area (Å²) in [7, 11) is 0. The highest BCUT2D eigenvalue weighted by molar-refractivity contribution is 7.08. The molecule has 3 heterocycles. The topological polar surface area (TPSA) is 23.6 Å². The molecule has 3 fully saturated rings. The van der Waals surface area contributed by atoms with Crippen LogP contribution in [0.25, 0.3) is 0 Å². The van der Waals surface area contributed by atoms with Gasteiger partial charge in [0.25, 0.3) is 0 Å². The number of piperidine rings is 1. The largest absolute Gasteiger partial charge is 0.338 e. The van der Waals surface area contributed by atoms with Crippen LogP contribution in [0.2, 0.25) is 0 Å². The lowest BCUT2D eigenvalue weighted by Crippen LogP contribution is -2.49. The zero-order valence-electron chi connectivity index (χ0n) is 16.7. The highest BCUT2D eigenvalue weighted by atomic mass is 32.1. The Morgan fingerprint density at radius 3 is 2.71 bits per heavy atom. The molecule has 2 aliphatic heterocycles. The third-order valence-corrected chi connectivity index (χ3v) is 8.08. The van der Waals surface area contributed by atoms with Crippen LogP contribution in [0.1, 0.15) is 48.3 Å². The number of carbonyl (C=O) groups excluding carboxylic acids is 1. The molecule has 5 rings (SSSR count). The molecule has 2 saturated heterocycles. The lowest BCUT2D eigenvalue weighted by molar-refractivity contribution is -0.140. The van der Waals surface area contributed by atoms with E-state index in [1.54, 1.807) is 11.3 Å². The molecular weight excluding hydrogens is 364 g/mol. The summed E-state index contributed by atoms with van der Waals surface area (Å²) in [6.07, 6.45) is 4.57. The Balaban J connectivity index is 1.36. The molecule has 1 saturated carbocycles. The van der Waals surface area contributed by atoms with E-state index in [-0.39, 0.29) is 0 Å². The van der Waals surface area contributed by atoms with Crippen molar-refractivity contribution in [2.24, 2.45) is 11.8 Å². The molecular formula is C24H30N2OS. The Hall–Kier alpha value is -1.65. The van der Waals surface area contributed by atoms with Crippen LogP contribution in [0.4, 0.5) is 0 Å². The van der Waals surface area contributed by atoms with E-state index >= 15 is 0 Å². The van der Waals surface area contributed by atoms with Crippen molar-refractivity contribution in [2.45, 2.75) is 51.1 Å². The first-order chi connectivity index (χ1) is 13.7. The fourth-order valence-electron chi connectivity index (χ4n) is 5.46. The maximum absolute atomic E-state index is 13.1. The lowest BCUT2D eigenvalue weighted by atomic mass is 9.82. The summed E-state index contributed by atoms with van der Waals surface area (Å²) >= 11 is 1.79. The third kappa shape index (κ3) is 3.31. The van der Waals surface area contributed by atoms with E-state index in [2.05, 4.69) is 57.8 Å². The number of carbonyl (C=O) groups is 1. The van der Waals surface area contributed by atoms with Gasteiger partial charge in [-0.25, -0.2) is 0 Å². The fourth-order valence-corrected chi connectivity index (χ4v) is 6.18. The summed E-state index contributed by atoms with van der Waals surface area (Å²) in [5, 5.41) is 4.49. The van der Waals surface area contributed by atoms with Gasteiger partial charge in [0.2, 0.25) is 5.91 Å². The predicted octanol–water partition coefficient (Wildman–Crippen LogP) is 4.67. The van der Waals surface area contributed by atoms with Crippen molar-refractivity contribution in [1.82, 2.24) is 9.80 Å². The molecule has 3 nitrogen and oxygen atoms in total. The van der Waals surface area contributed by atoms with E-state index in [0.29, 0.717) is 29.7 Å². The van der Waals surface area contributed by atoms with Crippen molar-refractivity contribution in [3.63, 3.8) is 0 Å². The average Bonchev–Trinajstić information content (AvgIpc) is 3.29. The van der Waals surface area contributed by atoms with Gasteiger partial charge in [0.05, 0.1) is 0 Å². The Labute approximate surface area is 172 Å². The number of nitrogens with zero attached hydrogens (tertiary/aromatic N) is 2. The normalized spacial score (nSPS) is 28.2. The van der Waals surface area contributed by atoms with E-state index < -0.39 is 0 Å². The predicted molar refractivity (Wildman–Crippen MR) is 114 cm³/mol. The molecule has 2 aromatic rings. The van der Waals surface area contributed by atoms with Gasteiger partial charge < -0.3 is 4.90 Å². The molecule has 1 aliphatic carbocycles. The van der Waals surface area contributed by atoms with E-state index in [0.717, 1.165) is 45.4 Å². The van der Waals surface area contributed by atoms with Crippen molar-refractivity contribution < 1.29 is 4.79 Å². The summed E-state index contributed by atoms with van der Waals surface area (Å²) in [4.78, 5) is 18.0. The molecule has 1 aromatic heterocycles. The number of likely N-dealkylation sites (tertiary alicyclic amines) is 2. The summed E-state index contributed by atoms with van der Waals surface area (Å²) in [5.74, 6) is 1.83. The molecule has 3 aliphatic rings. The van der Waals surface area contributed by atoms with Gasteiger partial charge in [-0.1, -0.05) is 30.7 Å². The first-order valence-corrected chi connectivity index (χ1v) is 11.7. The van der Waals surface area contributed by atoms with Gasteiger partial charge >= 0.3 is 0 Å². The summed E-state index contributed by atoms with van der Waals surface area (Å²) in [5.41, 5.74) is 4.27. The number of rotatable bonds is 4. The molecule has 3 atom stereocenters. The molecule has 4 heteroatoms. The minimum absolute atomic E-state index is 0.312. The minimum atomic E-state index is 0.312. The molecule has 0 bridgehead atoms. The van der Waals surface area contributed by atoms with Gasteiger partial charge in [0, 0.05) is 50.0 Å². The average molecular weight is 395 g/mol. The second-order valence-corrected chi connectivity index (χ2v) is 9.74.